The molecule has 0 radical (unpaired) electrons. The van der Waals surface area contributed by atoms with Crippen molar-refractivity contribution in [3.63, 3.8) is 0 Å². The van der Waals surface area contributed by atoms with Crippen LogP contribution < -0.4 is 9.47 Å². The van der Waals surface area contributed by atoms with Gasteiger partial charge >= 0.3 is 0 Å². The molecule has 0 bridgehead atoms. The van der Waals surface area contributed by atoms with Crippen LogP contribution in [-0.2, 0) is 0 Å². The van der Waals surface area contributed by atoms with Crippen molar-refractivity contribution in [2.75, 3.05) is 6.79 Å². The zero-order chi connectivity index (χ0) is 17.8. The Morgan fingerprint density at radius 3 is 2.77 bits per heavy atom. The Morgan fingerprint density at radius 1 is 1.12 bits per heavy atom. The van der Waals surface area contributed by atoms with Crippen molar-refractivity contribution in [1.29, 1.82) is 0 Å². The molecule has 0 saturated heterocycles. The number of pyridine rings is 1. The van der Waals surface area contributed by atoms with Crippen LogP contribution in [0.1, 0.15) is 23.0 Å². The van der Waals surface area contributed by atoms with Gasteiger partial charge in [-0.15, -0.1) is 0 Å². The molecule has 1 aliphatic rings. The molecule has 3 heterocycles. The molecule has 0 spiro atoms. The van der Waals surface area contributed by atoms with Crippen molar-refractivity contribution in [2.45, 2.75) is 13.8 Å². The largest absolute Gasteiger partial charge is 0.454 e. The van der Waals surface area contributed by atoms with Crippen LogP contribution in [0.15, 0.2) is 42.5 Å². The van der Waals surface area contributed by atoms with E-state index < -0.39 is 0 Å². The molecule has 26 heavy (non-hydrogen) atoms. The highest BCUT2D eigenvalue weighted by atomic mass is 16.7. The van der Waals surface area contributed by atoms with E-state index in [9.17, 15) is 4.79 Å². The first-order valence-corrected chi connectivity index (χ1v) is 8.45. The molecule has 5 rings (SSSR count). The molecule has 1 N–H and O–H groups in total. The third-order valence-electron chi connectivity index (χ3n) is 4.83. The molecule has 0 amide bonds. The first-order chi connectivity index (χ1) is 12.6. The Balaban J connectivity index is 1.92. The zero-order valence-electron chi connectivity index (χ0n) is 14.4. The lowest BCUT2D eigenvalue weighted by Crippen LogP contribution is -1.96. The van der Waals surface area contributed by atoms with Crippen molar-refractivity contribution in [2.24, 2.45) is 0 Å². The second-order valence-corrected chi connectivity index (χ2v) is 6.48. The normalized spacial score (nSPS) is 12.8. The molecule has 0 saturated carbocycles. The fourth-order valence-corrected chi connectivity index (χ4v) is 3.72. The van der Waals surface area contributed by atoms with Crippen LogP contribution in [0.4, 0.5) is 0 Å². The van der Waals surface area contributed by atoms with Gasteiger partial charge in [-0.25, -0.2) is 4.98 Å². The number of carbonyl (C=O) groups excluding carboxylic acids is 1. The number of ether oxygens (including phenoxy) is 2. The Hall–Kier alpha value is -3.34. The first-order valence-electron chi connectivity index (χ1n) is 8.45. The van der Waals surface area contributed by atoms with Crippen molar-refractivity contribution in [1.82, 2.24) is 9.97 Å². The standard InChI is InChI=1S/C21H16N2O3/c1-11-18(12(2)24)19-20(13-7-8-16-17(9-13)26-10-25-16)23-15-6-4-3-5-14(15)21(19)22-11/h3-9,22H,10H2,1-2H3. The monoisotopic (exact) mass is 344 g/mol. The van der Waals surface area contributed by atoms with Crippen LogP contribution >= 0.6 is 0 Å². The highest BCUT2D eigenvalue weighted by Gasteiger charge is 2.22. The number of nitrogens with zero attached hydrogens (tertiary/aromatic N) is 1. The lowest BCUT2D eigenvalue weighted by Gasteiger charge is -2.09. The summed E-state index contributed by atoms with van der Waals surface area (Å²) in [6.45, 7) is 3.74. The van der Waals surface area contributed by atoms with E-state index in [4.69, 9.17) is 14.5 Å². The quantitative estimate of drug-likeness (QED) is 0.539. The smallest absolute Gasteiger partial charge is 0.231 e. The topological polar surface area (TPSA) is 64.2 Å². The minimum absolute atomic E-state index is 0.0211. The number of aromatic nitrogens is 2. The Bertz CT molecular complexity index is 1210. The fourth-order valence-electron chi connectivity index (χ4n) is 3.72. The van der Waals surface area contributed by atoms with E-state index in [-0.39, 0.29) is 12.6 Å². The Morgan fingerprint density at radius 2 is 1.92 bits per heavy atom. The number of hydrogen-bond donors (Lipinski definition) is 1. The summed E-state index contributed by atoms with van der Waals surface area (Å²) in [5.74, 6) is 1.44. The van der Waals surface area contributed by atoms with Crippen molar-refractivity contribution in [3.05, 3.63) is 53.7 Å². The van der Waals surface area contributed by atoms with Gasteiger partial charge in [0.15, 0.2) is 17.3 Å². The average Bonchev–Trinajstić information content (AvgIpc) is 3.24. The maximum atomic E-state index is 12.4. The summed E-state index contributed by atoms with van der Waals surface area (Å²) in [6.07, 6.45) is 0. The molecule has 0 fully saturated rings. The number of nitrogens with one attached hydrogen (secondary N) is 1. The Labute approximate surface area is 149 Å². The van der Waals surface area contributed by atoms with Crippen LogP contribution in [-0.4, -0.2) is 22.5 Å². The summed E-state index contributed by atoms with van der Waals surface area (Å²) in [6, 6.07) is 13.7. The van der Waals surface area contributed by atoms with Crippen molar-refractivity contribution in [3.8, 4) is 22.8 Å². The predicted molar refractivity (Wildman–Crippen MR) is 99.9 cm³/mol. The lowest BCUT2D eigenvalue weighted by atomic mass is 9.99. The number of aromatic amines is 1. The number of aryl methyl sites for hydroxylation is 1. The molecule has 2 aromatic carbocycles. The molecular weight excluding hydrogens is 328 g/mol. The van der Waals surface area contributed by atoms with Gasteiger partial charge in [0.2, 0.25) is 6.79 Å². The fraction of sp³-hybridized carbons (Fsp3) is 0.143. The molecule has 0 unspecified atom stereocenters. The van der Waals surface area contributed by atoms with E-state index in [0.29, 0.717) is 11.3 Å². The molecule has 5 heteroatoms. The van der Waals surface area contributed by atoms with Crippen molar-refractivity contribution >= 4 is 27.6 Å². The first kappa shape index (κ1) is 15.0. The molecule has 5 nitrogen and oxygen atoms in total. The maximum absolute atomic E-state index is 12.4. The van der Waals surface area contributed by atoms with E-state index in [1.54, 1.807) is 6.92 Å². The number of hydrogen-bond acceptors (Lipinski definition) is 4. The second kappa shape index (κ2) is 5.33. The zero-order valence-corrected chi connectivity index (χ0v) is 14.4. The van der Waals surface area contributed by atoms with Gasteiger partial charge < -0.3 is 14.5 Å². The van der Waals surface area contributed by atoms with Crippen LogP contribution in [0.5, 0.6) is 11.5 Å². The third-order valence-corrected chi connectivity index (χ3v) is 4.83. The number of ketones is 1. The minimum atomic E-state index is 0.0211. The summed E-state index contributed by atoms with van der Waals surface area (Å²) >= 11 is 0. The summed E-state index contributed by atoms with van der Waals surface area (Å²) in [7, 11) is 0. The number of rotatable bonds is 2. The van der Waals surface area contributed by atoms with E-state index >= 15 is 0 Å². The number of carbonyl (C=O) groups is 1. The van der Waals surface area contributed by atoms with E-state index in [1.807, 2.05) is 49.4 Å². The van der Waals surface area contributed by atoms with Gasteiger partial charge in [0.05, 0.1) is 16.7 Å². The van der Waals surface area contributed by atoms with Crippen LogP contribution in [0.25, 0.3) is 33.1 Å². The molecule has 1 aliphatic heterocycles. The molecule has 128 valence electrons. The van der Waals surface area contributed by atoms with Crippen LogP contribution in [0, 0.1) is 6.92 Å². The van der Waals surface area contributed by atoms with Gasteiger partial charge in [-0.3, -0.25) is 4.79 Å². The Kier molecular flexibility index (Phi) is 3.06. The SMILES string of the molecule is CC(=O)c1c(C)[nH]c2c1c(-c1ccc3c(c1)OCO3)nc1ccccc12. The van der Waals surface area contributed by atoms with E-state index in [0.717, 1.165) is 44.5 Å². The summed E-state index contributed by atoms with van der Waals surface area (Å²) in [4.78, 5) is 20.6. The van der Waals surface area contributed by atoms with Gasteiger partial charge in [-0.2, -0.15) is 0 Å². The number of fused-ring (bicyclic) bond motifs is 4. The molecule has 4 aromatic rings. The molecule has 2 aromatic heterocycles. The predicted octanol–water partition coefficient (Wildman–Crippen LogP) is 4.62. The lowest BCUT2D eigenvalue weighted by molar-refractivity contribution is 0.101. The van der Waals surface area contributed by atoms with E-state index in [2.05, 4.69) is 4.98 Å². The second-order valence-electron chi connectivity index (χ2n) is 6.48. The molecular formula is C21H16N2O3. The summed E-state index contributed by atoms with van der Waals surface area (Å²) in [5.41, 5.74) is 5.02. The van der Waals surface area contributed by atoms with E-state index in [1.165, 1.54) is 0 Å². The third kappa shape index (κ3) is 2.03. The highest BCUT2D eigenvalue weighted by Crippen LogP contribution is 2.40. The molecule has 0 aliphatic carbocycles. The summed E-state index contributed by atoms with van der Waals surface area (Å²) in [5, 5.41) is 1.86. The number of para-hydroxylation sites is 1. The van der Waals surface area contributed by atoms with Gasteiger partial charge in [-0.1, -0.05) is 18.2 Å². The van der Waals surface area contributed by atoms with Gasteiger partial charge in [0.25, 0.3) is 0 Å². The summed E-state index contributed by atoms with van der Waals surface area (Å²) < 4.78 is 10.9. The number of Topliss-reactive ketones (excluding diaryl/α,β-unsaturated/α-hetero) is 1. The van der Waals surface area contributed by atoms with Gasteiger partial charge in [-0.05, 0) is 38.1 Å². The highest BCUT2D eigenvalue weighted by molar-refractivity contribution is 6.18. The van der Waals surface area contributed by atoms with Crippen LogP contribution in [0.3, 0.4) is 0 Å². The van der Waals surface area contributed by atoms with Gasteiger partial charge in [0, 0.05) is 27.6 Å². The number of H-pyrrole nitrogens is 1. The van der Waals surface area contributed by atoms with Crippen LogP contribution in [0.2, 0.25) is 0 Å². The minimum Gasteiger partial charge on any atom is -0.454 e. The molecule has 0 atom stereocenters. The maximum Gasteiger partial charge on any atom is 0.231 e. The number of benzene rings is 2. The average molecular weight is 344 g/mol. The van der Waals surface area contributed by atoms with Gasteiger partial charge in [0.1, 0.15) is 0 Å². The van der Waals surface area contributed by atoms with Crippen molar-refractivity contribution < 1.29 is 14.3 Å².